The van der Waals surface area contributed by atoms with Crippen molar-refractivity contribution in [2.24, 2.45) is 0 Å². The van der Waals surface area contributed by atoms with Gasteiger partial charge >= 0.3 is 0 Å². The Morgan fingerprint density at radius 2 is 2.00 bits per heavy atom. The Labute approximate surface area is 165 Å². The lowest BCUT2D eigenvalue weighted by molar-refractivity contribution is 0.0605. The van der Waals surface area contributed by atoms with E-state index in [1.54, 1.807) is 6.07 Å². The van der Waals surface area contributed by atoms with E-state index in [2.05, 4.69) is 5.10 Å². The summed E-state index contributed by atoms with van der Waals surface area (Å²) in [6, 6.07) is 7.40. The number of rotatable bonds is 2. The molecular weight excluding hydrogens is 352 g/mol. The van der Waals surface area contributed by atoms with Gasteiger partial charge in [-0.2, -0.15) is 5.10 Å². The SMILES string of the molecule is CC1=C(C)C(=O)n2nc([C@@H]3CCCCN3C(=O)c3c(C)cccc3N)cc2C1. The number of benzene rings is 1. The van der Waals surface area contributed by atoms with Gasteiger partial charge in [-0.3, -0.25) is 9.59 Å². The van der Waals surface area contributed by atoms with Crippen LogP contribution in [-0.4, -0.2) is 33.0 Å². The minimum absolute atomic E-state index is 0.0527. The number of carbonyl (C=O) groups excluding carboxylic acids is 2. The Balaban J connectivity index is 1.70. The minimum atomic E-state index is -0.133. The van der Waals surface area contributed by atoms with Crippen LogP contribution >= 0.6 is 0 Å². The highest BCUT2D eigenvalue weighted by Crippen LogP contribution is 2.34. The topological polar surface area (TPSA) is 81.2 Å². The third kappa shape index (κ3) is 2.93. The predicted molar refractivity (Wildman–Crippen MR) is 108 cm³/mol. The number of nitrogens with zero attached hydrogens (tertiary/aromatic N) is 3. The first-order valence-electron chi connectivity index (χ1n) is 9.84. The lowest BCUT2D eigenvalue weighted by Gasteiger charge is -2.35. The molecule has 1 saturated heterocycles. The molecule has 1 fully saturated rings. The molecule has 1 aromatic heterocycles. The number of nitrogen functional groups attached to an aromatic ring is 1. The van der Waals surface area contributed by atoms with E-state index in [1.807, 2.05) is 43.9 Å². The number of aromatic nitrogens is 2. The van der Waals surface area contributed by atoms with Crippen LogP contribution in [0, 0.1) is 6.92 Å². The van der Waals surface area contributed by atoms with Crippen LogP contribution in [0.2, 0.25) is 0 Å². The molecule has 0 bridgehead atoms. The number of hydrogen-bond donors (Lipinski definition) is 1. The predicted octanol–water partition coefficient (Wildman–Crippen LogP) is 3.67. The van der Waals surface area contributed by atoms with Crippen LogP contribution in [0.15, 0.2) is 35.4 Å². The largest absolute Gasteiger partial charge is 0.398 e. The molecule has 1 atom stereocenters. The molecule has 2 aliphatic heterocycles. The fourth-order valence-electron chi connectivity index (χ4n) is 4.26. The van der Waals surface area contributed by atoms with E-state index in [0.29, 0.717) is 17.8 Å². The molecule has 1 amide bonds. The van der Waals surface area contributed by atoms with Crippen molar-refractivity contribution in [1.82, 2.24) is 14.7 Å². The first-order chi connectivity index (χ1) is 13.4. The van der Waals surface area contributed by atoms with E-state index in [9.17, 15) is 9.59 Å². The molecule has 146 valence electrons. The Morgan fingerprint density at radius 1 is 1.21 bits per heavy atom. The normalized spacial score (nSPS) is 19.8. The number of allylic oxidation sites excluding steroid dienone is 2. The molecule has 0 saturated carbocycles. The second-order valence-corrected chi connectivity index (χ2v) is 7.91. The summed E-state index contributed by atoms with van der Waals surface area (Å²) in [6.45, 7) is 6.41. The summed E-state index contributed by atoms with van der Waals surface area (Å²) in [5.41, 5.74) is 11.6. The van der Waals surface area contributed by atoms with Crippen LogP contribution in [0.5, 0.6) is 0 Å². The molecule has 6 heteroatoms. The van der Waals surface area contributed by atoms with Crippen LogP contribution in [-0.2, 0) is 6.42 Å². The quantitative estimate of drug-likeness (QED) is 0.809. The molecular formula is C22H26N4O2. The molecule has 28 heavy (non-hydrogen) atoms. The first kappa shape index (κ1) is 18.5. The van der Waals surface area contributed by atoms with Gasteiger partial charge in [-0.1, -0.05) is 17.7 Å². The number of aryl methyl sites for hydroxylation is 1. The highest BCUT2D eigenvalue weighted by molar-refractivity contribution is 6.01. The Bertz CT molecular complexity index is 982. The van der Waals surface area contributed by atoms with Crippen molar-refractivity contribution in [3.8, 4) is 0 Å². The monoisotopic (exact) mass is 378 g/mol. The number of hydrogen-bond acceptors (Lipinski definition) is 4. The standard InChI is InChI=1S/C22H26N4O2/c1-13-7-6-8-17(23)20(13)22(28)25-10-5-4-9-19(25)18-12-16-11-14(2)15(3)21(27)26(16)24-18/h6-8,12,19H,4-5,9-11,23H2,1-3H3/t19-/m0/s1. The van der Waals surface area contributed by atoms with Crippen molar-refractivity contribution in [3.63, 3.8) is 0 Å². The molecule has 2 N–H and O–H groups in total. The summed E-state index contributed by atoms with van der Waals surface area (Å²) in [5, 5.41) is 4.62. The zero-order chi connectivity index (χ0) is 20.0. The van der Waals surface area contributed by atoms with E-state index >= 15 is 0 Å². The molecule has 0 aliphatic carbocycles. The fraction of sp³-hybridized carbons (Fsp3) is 0.409. The molecule has 0 spiro atoms. The van der Waals surface area contributed by atoms with E-state index in [4.69, 9.17) is 5.73 Å². The van der Waals surface area contributed by atoms with Gasteiger partial charge in [0.1, 0.15) is 0 Å². The summed E-state index contributed by atoms with van der Waals surface area (Å²) >= 11 is 0. The number of nitrogens with two attached hydrogens (primary N) is 1. The van der Waals surface area contributed by atoms with E-state index < -0.39 is 0 Å². The van der Waals surface area contributed by atoms with Gasteiger partial charge < -0.3 is 10.6 Å². The van der Waals surface area contributed by atoms with Crippen molar-refractivity contribution < 1.29 is 9.59 Å². The number of amides is 1. The molecule has 4 rings (SSSR count). The van der Waals surface area contributed by atoms with Gasteiger partial charge in [0.25, 0.3) is 11.8 Å². The number of anilines is 1. The Hall–Kier alpha value is -2.89. The van der Waals surface area contributed by atoms with Gasteiger partial charge in [-0.25, -0.2) is 4.68 Å². The van der Waals surface area contributed by atoms with Gasteiger partial charge in [-0.05, 0) is 57.7 Å². The summed E-state index contributed by atoms with van der Waals surface area (Å²) in [6.07, 6.45) is 3.55. The zero-order valence-corrected chi connectivity index (χ0v) is 16.7. The van der Waals surface area contributed by atoms with Crippen LogP contribution in [0.25, 0.3) is 0 Å². The number of likely N-dealkylation sites (tertiary alicyclic amines) is 1. The average molecular weight is 378 g/mol. The van der Waals surface area contributed by atoms with E-state index in [-0.39, 0.29) is 17.9 Å². The van der Waals surface area contributed by atoms with Gasteiger partial charge in [-0.15, -0.1) is 0 Å². The zero-order valence-electron chi connectivity index (χ0n) is 16.7. The van der Waals surface area contributed by atoms with Crippen molar-refractivity contribution in [2.75, 3.05) is 12.3 Å². The van der Waals surface area contributed by atoms with Crippen molar-refractivity contribution in [1.29, 1.82) is 0 Å². The smallest absolute Gasteiger partial charge is 0.274 e. The molecule has 6 nitrogen and oxygen atoms in total. The summed E-state index contributed by atoms with van der Waals surface area (Å²) in [7, 11) is 0. The number of piperidine rings is 1. The Morgan fingerprint density at radius 3 is 2.75 bits per heavy atom. The third-order valence-corrected chi connectivity index (χ3v) is 6.03. The van der Waals surface area contributed by atoms with Crippen LogP contribution in [0.4, 0.5) is 5.69 Å². The average Bonchev–Trinajstić information content (AvgIpc) is 3.10. The van der Waals surface area contributed by atoms with Crippen LogP contribution < -0.4 is 5.73 Å². The summed E-state index contributed by atoms with van der Waals surface area (Å²) in [4.78, 5) is 27.9. The molecule has 1 aromatic carbocycles. The van der Waals surface area contributed by atoms with Crippen LogP contribution in [0.3, 0.4) is 0 Å². The second kappa shape index (κ2) is 6.93. The van der Waals surface area contributed by atoms with Crippen molar-refractivity contribution in [3.05, 3.63) is 57.9 Å². The first-order valence-corrected chi connectivity index (χ1v) is 9.84. The number of fused-ring (bicyclic) bond motifs is 1. The lowest BCUT2D eigenvalue weighted by Crippen LogP contribution is -2.39. The summed E-state index contributed by atoms with van der Waals surface area (Å²) < 4.78 is 1.51. The molecule has 0 unspecified atom stereocenters. The van der Waals surface area contributed by atoms with Crippen molar-refractivity contribution >= 4 is 17.5 Å². The maximum atomic E-state index is 13.4. The van der Waals surface area contributed by atoms with E-state index in [0.717, 1.165) is 53.8 Å². The van der Waals surface area contributed by atoms with E-state index in [1.165, 1.54) is 4.68 Å². The second-order valence-electron chi connectivity index (χ2n) is 7.91. The van der Waals surface area contributed by atoms with Gasteiger partial charge in [0.15, 0.2) is 0 Å². The Kier molecular flexibility index (Phi) is 4.57. The number of carbonyl (C=O) groups is 2. The maximum Gasteiger partial charge on any atom is 0.274 e. The lowest BCUT2D eigenvalue weighted by atomic mass is 9.96. The van der Waals surface area contributed by atoms with Gasteiger partial charge in [0.05, 0.1) is 23.0 Å². The van der Waals surface area contributed by atoms with Crippen LogP contribution in [0.1, 0.15) is 71.3 Å². The molecule has 3 heterocycles. The summed E-state index contributed by atoms with van der Waals surface area (Å²) in [5.74, 6) is -0.120. The highest BCUT2D eigenvalue weighted by Gasteiger charge is 2.33. The molecule has 0 radical (unpaired) electrons. The van der Waals surface area contributed by atoms with Gasteiger partial charge in [0, 0.05) is 24.2 Å². The van der Waals surface area contributed by atoms with Crippen molar-refractivity contribution in [2.45, 2.75) is 52.5 Å². The maximum absolute atomic E-state index is 13.4. The fourth-order valence-corrected chi connectivity index (χ4v) is 4.26. The minimum Gasteiger partial charge on any atom is -0.398 e. The third-order valence-electron chi connectivity index (χ3n) is 6.03. The van der Waals surface area contributed by atoms with Gasteiger partial charge in [0.2, 0.25) is 0 Å². The molecule has 2 aliphatic rings. The highest BCUT2D eigenvalue weighted by atomic mass is 16.2. The molecule has 2 aromatic rings.